The van der Waals surface area contributed by atoms with Gasteiger partial charge in [-0.25, -0.2) is 41.9 Å². The molecule has 2 aromatic carbocycles. The number of hydrogen-bond donors (Lipinski definition) is 4. The topological polar surface area (TPSA) is 48.1 Å². The van der Waals surface area contributed by atoms with Gasteiger partial charge in [-0.05, 0) is 48.7 Å². The van der Waals surface area contributed by atoms with Crippen LogP contribution in [0.2, 0.25) is 0 Å². The third-order valence-corrected chi connectivity index (χ3v) is 5.52. The van der Waals surface area contributed by atoms with Gasteiger partial charge in [0.25, 0.3) is 0 Å². The van der Waals surface area contributed by atoms with E-state index in [1.165, 1.54) is 12.1 Å². The number of halogens is 4. The number of allylic oxidation sites excluding steroid dienone is 8. The Balaban J connectivity index is 0.000000608. The maximum absolute atomic E-state index is 13.2. The molecular weight excluding hydrogens is 628 g/mol. The molecule has 0 atom stereocenters. The largest absolute Gasteiger partial charge is 4.00 e. The summed E-state index contributed by atoms with van der Waals surface area (Å²) in [6.07, 6.45) is 24.1. The van der Waals surface area contributed by atoms with Crippen molar-refractivity contribution >= 4 is 46.0 Å². The molecule has 4 N–H and O–H groups in total. The first-order valence-corrected chi connectivity index (χ1v) is 14.4. The van der Waals surface area contributed by atoms with Crippen LogP contribution >= 0.6 is 24.4 Å². The van der Waals surface area contributed by atoms with Crippen LogP contribution in [-0.4, -0.2) is 23.3 Å². The smallest absolute Gasteiger partial charge is 0.383 e. The fraction of sp³-hybridized carbons (Fsp3) is 0.312. The van der Waals surface area contributed by atoms with E-state index in [0.29, 0.717) is 10.2 Å². The molecule has 4 rings (SSSR count). The Hall–Kier alpha value is -2.79. The Bertz CT molecular complexity index is 1110. The summed E-state index contributed by atoms with van der Waals surface area (Å²) in [6.45, 7) is 5.59. The zero-order chi connectivity index (χ0) is 31.0. The van der Waals surface area contributed by atoms with E-state index in [1.54, 1.807) is 0 Å². The van der Waals surface area contributed by atoms with Crippen molar-refractivity contribution in [3.63, 3.8) is 0 Å². The molecule has 11 heteroatoms. The van der Waals surface area contributed by atoms with Crippen molar-refractivity contribution in [3.8, 4) is 0 Å². The van der Waals surface area contributed by atoms with E-state index in [1.807, 2.05) is 36.4 Å². The SMILES string of the molecule is CCCCNC(=S)Nc1ccc(F)[c-]c1F.CCCCNC(=S)Nc1ccc(F)[c-]c1F.[C-]1=CC=CC1.[C-]1=CC=CC1.[Ti+4]. The minimum Gasteiger partial charge on any atom is -0.383 e. The van der Waals surface area contributed by atoms with E-state index in [9.17, 15) is 17.6 Å². The Labute approximate surface area is 279 Å². The fourth-order valence-electron chi connectivity index (χ4n) is 2.85. The third kappa shape index (κ3) is 20.7. The summed E-state index contributed by atoms with van der Waals surface area (Å²) in [5.41, 5.74) is 0.241. The average Bonchev–Trinajstić information content (AvgIpc) is 3.73. The molecule has 0 fully saturated rings. The summed E-state index contributed by atoms with van der Waals surface area (Å²) in [7, 11) is 0. The number of unbranched alkanes of at least 4 members (excludes halogenated alkanes) is 2. The number of benzene rings is 2. The normalized spacial score (nSPS) is 11.5. The number of thiocarbonyl (C=S) groups is 2. The third-order valence-electron chi connectivity index (χ3n) is 5.02. The molecular formula is C32H36F4N4S2Ti. The van der Waals surface area contributed by atoms with Crippen LogP contribution in [0.5, 0.6) is 0 Å². The van der Waals surface area contributed by atoms with E-state index in [0.717, 1.165) is 63.7 Å². The van der Waals surface area contributed by atoms with E-state index in [-0.39, 0.29) is 33.1 Å². The summed E-state index contributed by atoms with van der Waals surface area (Å²) < 4.78 is 51.4. The van der Waals surface area contributed by atoms with Crippen LogP contribution in [0.3, 0.4) is 0 Å². The van der Waals surface area contributed by atoms with E-state index >= 15 is 0 Å². The molecule has 0 spiro atoms. The Morgan fingerprint density at radius 3 is 1.35 bits per heavy atom. The molecule has 2 aliphatic rings. The minimum absolute atomic E-state index is 0. The van der Waals surface area contributed by atoms with Gasteiger partial charge in [-0.3, -0.25) is 12.2 Å². The molecule has 2 aliphatic carbocycles. The van der Waals surface area contributed by atoms with Crippen molar-refractivity contribution in [2.24, 2.45) is 0 Å². The molecule has 0 bridgehead atoms. The van der Waals surface area contributed by atoms with E-state index in [2.05, 4.69) is 59.4 Å². The molecule has 0 saturated heterocycles. The van der Waals surface area contributed by atoms with Crippen LogP contribution in [0.15, 0.2) is 60.7 Å². The maximum Gasteiger partial charge on any atom is 4.00 e. The zero-order valence-corrected chi connectivity index (χ0v) is 27.5. The van der Waals surface area contributed by atoms with Gasteiger partial charge < -0.3 is 21.3 Å². The van der Waals surface area contributed by atoms with Crippen molar-refractivity contribution < 1.29 is 39.3 Å². The number of anilines is 2. The van der Waals surface area contributed by atoms with Gasteiger partial charge in [0, 0.05) is 36.4 Å². The van der Waals surface area contributed by atoms with Crippen molar-refractivity contribution in [1.82, 2.24) is 10.6 Å². The van der Waals surface area contributed by atoms with Gasteiger partial charge in [-0.1, -0.05) is 26.7 Å². The Morgan fingerprint density at radius 1 is 0.698 bits per heavy atom. The van der Waals surface area contributed by atoms with Crippen molar-refractivity contribution in [2.75, 3.05) is 23.7 Å². The van der Waals surface area contributed by atoms with Crippen LogP contribution in [0, 0.1) is 47.6 Å². The molecule has 0 aromatic heterocycles. The van der Waals surface area contributed by atoms with Gasteiger partial charge in [-0.2, -0.15) is 12.2 Å². The molecule has 0 saturated carbocycles. The van der Waals surface area contributed by atoms with Gasteiger partial charge in [0.05, 0.1) is 0 Å². The molecule has 0 amide bonds. The number of rotatable bonds is 8. The average molecular weight is 665 g/mol. The van der Waals surface area contributed by atoms with Gasteiger partial charge >= 0.3 is 21.7 Å². The molecule has 4 nitrogen and oxygen atoms in total. The van der Waals surface area contributed by atoms with Crippen LogP contribution in [0.4, 0.5) is 28.9 Å². The second-order valence-corrected chi connectivity index (χ2v) is 9.36. The van der Waals surface area contributed by atoms with Gasteiger partial charge in [-0.15, -0.1) is 49.2 Å². The van der Waals surface area contributed by atoms with Crippen LogP contribution < -0.4 is 21.3 Å². The first kappa shape index (κ1) is 40.2. The zero-order valence-electron chi connectivity index (χ0n) is 24.3. The number of nitrogens with one attached hydrogen (secondary N) is 4. The first-order valence-electron chi connectivity index (χ1n) is 13.5. The van der Waals surface area contributed by atoms with Gasteiger partial charge in [0.2, 0.25) is 0 Å². The molecule has 0 unspecified atom stereocenters. The Morgan fingerprint density at radius 2 is 1.09 bits per heavy atom. The summed E-state index contributed by atoms with van der Waals surface area (Å²) in [6, 6.07) is 8.68. The Kier molecular flexibility index (Phi) is 24.0. The summed E-state index contributed by atoms with van der Waals surface area (Å²) in [5, 5.41) is 11.8. The molecule has 0 heterocycles. The number of hydrogen-bond acceptors (Lipinski definition) is 2. The minimum atomic E-state index is -0.778. The van der Waals surface area contributed by atoms with Crippen LogP contribution in [0.1, 0.15) is 52.4 Å². The molecule has 2 aromatic rings. The first-order chi connectivity index (χ1) is 20.3. The maximum atomic E-state index is 13.2. The van der Waals surface area contributed by atoms with Crippen molar-refractivity contribution in [1.29, 1.82) is 0 Å². The summed E-state index contributed by atoms with van der Waals surface area (Å²) in [5.74, 6) is -3.01. The summed E-state index contributed by atoms with van der Waals surface area (Å²) in [4.78, 5) is 0. The van der Waals surface area contributed by atoms with Crippen molar-refractivity contribution in [3.05, 3.63) is 108 Å². The molecule has 0 radical (unpaired) electrons. The second-order valence-electron chi connectivity index (χ2n) is 8.54. The van der Waals surface area contributed by atoms with Crippen LogP contribution in [0.25, 0.3) is 0 Å². The molecule has 0 aliphatic heterocycles. The monoisotopic (exact) mass is 664 g/mol. The summed E-state index contributed by atoms with van der Waals surface area (Å²) >= 11 is 9.89. The quantitative estimate of drug-likeness (QED) is 0.0749. The predicted molar refractivity (Wildman–Crippen MR) is 172 cm³/mol. The van der Waals surface area contributed by atoms with E-state index < -0.39 is 23.3 Å². The van der Waals surface area contributed by atoms with Gasteiger partial charge in [0.15, 0.2) is 10.2 Å². The molecule has 228 valence electrons. The van der Waals surface area contributed by atoms with Crippen LogP contribution in [-0.2, 0) is 21.7 Å². The standard InChI is InChI=1S/2C11H13F2N2S.2C5H5.Ti/c2*1-2-3-6-14-11(16)15-10-5-4-8(12)7-9(10)13;2*1-2-4-5-3-1;/h2*4-5H,2-3,6H2,1H3,(H2,14,15,16);2*1-3H,4H2;/q4*-1;+4. The fourth-order valence-corrected chi connectivity index (χ4v) is 3.27. The van der Waals surface area contributed by atoms with Crippen molar-refractivity contribution in [2.45, 2.75) is 52.4 Å². The van der Waals surface area contributed by atoms with Gasteiger partial charge in [0.1, 0.15) is 0 Å². The van der Waals surface area contributed by atoms with E-state index in [4.69, 9.17) is 24.4 Å². The molecule has 43 heavy (non-hydrogen) atoms. The second kappa shape index (κ2) is 25.7. The predicted octanol–water partition coefficient (Wildman–Crippen LogP) is 8.31.